The lowest BCUT2D eigenvalue weighted by Gasteiger charge is -2.15. The van der Waals surface area contributed by atoms with Crippen LogP contribution < -0.4 is 0 Å². The van der Waals surface area contributed by atoms with Gasteiger partial charge < -0.3 is 4.90 Å². The predicted octanol–water partition coefficient (Wildman–Crippen LogP) is 1.01. The molecule has 1 nitrogen and oxygen atoms in total. The van der Waals surface area contributed by atoms with E-state index in [1.54, 1.807) is 0 Å². The summed E-state index contributed by atoms with van der Waals surface area (Å²) in [5, 5.41) is -0.0556. The van der Waals surface area contributed by atoms with Gasteiger partial charge in [0.1, 0.15) is 0 Å². The van der Waals surface area contributed by atoms with Gasteiger partial charge in [0.2, 0.25) is 0 Å². The Balaban J connectivity index is 3.65. The summed E-state index contributed by atoms with van der Waals surface area (Å²) in [7, 11) is 3.77. The van der Waals surface area contributed by atoms with Gasteiger partial charge in [-0.1, -0.05) is 12.2 Å². The second-order valence-corrected chi connectivity index (χ2v) is 2.79. The average Bonchev–Trinajstić information content (AvgIpc) is 1.64. The third-order valence-electron chi connectivity index (χ3n) is 0.726. The first-order valence-corrected chi connectivity index (χ1v) is 3.20. The molecular weight excluding hydrogens is 138 g/mol. The molecular formula is C5H10NS2. The normalized spacial score (nSPS) is 13.0. The van der Waals surface area contributed by atoms with E-state index in [0.717, 1.165) is 4.99 Å². The Morgan fingerprint density at radius 1 is 1.75 bits per heavy atom. The number of rotatable bonds is 1. The van der Waals surface area contributed by atoms with Crippen molar-refractivity contribution < 1.29 is 0 Å². The van der Waals surface area contributed by atoms with Crippen molar-refractivity contribution in [3.05, 3.63) is 6.92 Å². The molecule has 0 spiro atoms. The van der Waals surface area contributed by atoms with Crippen molar-refractivity contribution in [3.63, 3.8) is 0 Å². The number of hydrogen-bond donors (Lipinski definition) is 1. The molecule has 1 unspecified atom stereocenters. The third-order valence-corrected chi connectivity index (χ3v) is 1.79. The zero-order chi connectivity index (χ0) is 6.73. The SMILES string of the molecule is [CH2]C(S)C(=S)N(C)C. The Morgan fingerprint density at radius 2 is 2.12 bits per heavy atom. The van der Waals surface area contributed by atoms with Gasteiger partial charge in [0, 0.05) is 14.1 Å². The summed E-state index contributed by atoms with van der Waals surface area (Å²) in [6.07, 6.45) is 0. The van der Waals surface area contributed by atoms with Gasteiger partial charge >= 0.3 is 0 Å². The van der Waals surface area contributed by atoms with E-state index in [-0.39, 0.29) is 5.25 Å². The Labute approximate surface area is 61.5 Å². The molecule has 0 aromatic carbocycles. The molecule has 0 saturated heterocycles. The fraction of sp³-hybridized carbons (Fsp3) is 0.600. The second kappa shape index (κ2) is 3.30. The minimum absolute atomic E-state index is 0.0556. The zero-order valence-electron chi connectivity index (χ0n) is 5.09. The lowest BCUT2D eigenvalue weighted by molar-refractivity contribution is 0.627. The van der Waals surface area contributed by atoms with Gasteiger partial charge in [-0.3, -0.25) is 0 Å². The van der Waals surface area contributed by atoms with Gasteiger partial charge in [-0.05, 0) is 6.92 Å². The van der Waals surface area contributed by atoms with Crippen LogP contribution in [0.4, 0.5) is 0 Å². The average molecular weight is 148 g/mol. The van der Waals surface area contributed by atoms with Crippen LogP contribution in [0, 0.1) is 6.92 Å². The molecule has 1 radical (unpaired) electrons. The van der Waals surface area contributed by atoms with Crippen LogP contribution in [0.15, 0.2) is 0 Å². The van der Waals surface area contributed by atoms with Crippen molar-refractivity contribution in [1.82, 2.24) is 4.90 Å². The van der Waals surface area contributed by atoms with Crippen molar-refractivity contribution in [1.29, 1.82) is 0 Å². The smallest absolute Gasteiger partial charge is 0.0903 e. The molecule has 0 fully saturated rings. The van der Waals surface area contributed by atoms with Gasteiger partial charge in [0.05, 0.1) is 10.2 Å². The molecule has 0 aliphatic heterocycles. The molecule has 0 amide bonds. The fourth-order valence-electron chi connectivity index (χ4n) is 0.298. The number of thiol groups is 1. The molecule has 0 N–H and O–H groups in total. The Hall–Kier alpha value is 0.240. The van der Waals surface area contributed by atoms with Crippen LogP contribution in [0.3, 0.4) is 0 Å². The van der Waals surface area contributed by atoms with E-state index in [4.69, 9.17) is 12.2 Å². The molecule has 1 atom stereocenters. The molecule has 0 aromatic rings. The third kappa shape index (κ3) is 2.52. The largest absolute Gasteiger partial charge is 0.371 e. The van der Waals surface area contributed by atoms with E-state index >= 15 is 0 Å². The minimum atomic E-state index is -0.0556. The summed E-state index contributed by atoms with van der Waals surface area (Å²) in [6.45, 7) is 3.64. The summed E-state index contributed by atoms with van der Waals surface area (Å²) in [5.74, 6) is 0. The van der Waals surface area contributed by atoms with E-state index in [9.17, 15) is 0 Å². The molecule has 0 bridgehead atoms. The van der Waals surface area contributed by atoms with E-state index in [0.29, 0.717) is 0 Å². The van der Waals surface area contributed by atoms with Crippen LogP contribution in [-0.2, 0) is 0 Å². The monoisotopic (exact) mass is 148 g/mol. The summed E-state index contributed by atoms with van der Waals surface area (Å²) >= 11 is 8.93. The van der Waals surface area contributed by atoms with E-state index < -0.39 is 0 Å². The lowest BCUT2D eigenvalue weighted by Crippen LogP contribution is -2.26. The first-order chi connectivity index (χ1) is 3.55. The highest BCUT2D eigenvalue weighted by Gasteiger charge is 2.02. The van der Waals surface area contributed by atoms with Crippen LogP contribution in [0.5, 0.6) is 0 Å². The Morgan fingerprint density at radius 3 is 2.12 bits per heavy atom. The minimum Gasteiger partial charge on any atom is -0.371 e. The Kier molecular flexibility index (Phi) is 3.40. The molecule has 3 heteroatoms. The highest BCUT2D eigenvalue weighted by atomic mass is 32.1. The predicted molar refractivity (Wildman–Crippen MR) is 44.4 cm³/mol. The molecule has 0 aliphatic carbocycles. The molecule has 0 aliphatic rings. The molecule has 0 rings (SSSR count). The summed E-state index contributed by atoms with van der Waals surface area (Å²) in [5.41, 5.74) is 0. The maximum absolute atomic E-state index is 4.89. The topological polar surface area (TPSA) is 3.24 Å². The molecule has 0 aromatic heterocycles. The van der Waals surface area contributed by atoms with Gasteiger partial charge in [-0.15, -0.1) is 0 Å². The van der Waals surface area contributed by atoms with Gasteiger partial charge in [-0.25, -0.2) is 0 Å². The van der Waals surface area contributed by atoms with Gasteiger partial charge in [-0.2, -0.15) is 12.6 Å². The highest BCUT2D eigenvalue weighted by Crippen LogP contribution is 1.97. The van der Waals surface area contributed by atoms with Gasteiger partial charge in [0.15, 0.2) is 0 Å². The lowest BCUT2D eigenvalue weighted by atomic mass is 10.4. The van der Waals surface area contributed by atoms with E-state index in [1.807, 2.05) is 19.0 Å². The van der Waals surface area contributed by atoms with Crippen LogP contribution in [0.25, 0.3) is 0 Å². The highest BCUT2D eigenvalue weighted by molar-refractivity contribution is 7.86. The zero-order valence-corrected chi connectivity index (χ0v) is 6.80. The summed E-state index contributed by atoms with van der Waals surface area (Å²) in [4.78, 5) is 2.60. The van der Waals surface area contributed by atoms with Crippen molar-refractivity contribution in [2.45, 2.75) is 5.25 Å². The molecule has 0 heterocycles. The summed E-state index contributed by atoms with van der Waals surface area (Å²) in [6, 6.07) is 0. The van der Waals surface area contributed by atoms with Crippen molar-refractivity contribution in [2.24, 2.45) is 0 Å². The van der Waals surface area contributed by atoms with E-state index in [2.05, 4.69) is 19.6 Å². The second-order valence-electron chi connectivity index (χ2n) is 1.75. The maximum atomic E-state index is 4.89. The number of thiocarbonyl (C=S) groups is 1. The van der Waals surface area contributed by atoms with E-state index in [1.165, 1.54) is 0 Å². The van der Waals surface area contributed by atoms with Crippen LogP contribution in [-0.4, -0.2) is 29.2 Å². The van der Waals surface area contributed by atoms with Gasteiger partial charge in [0.25, 0.3) is 0 Å². The molecule has 8 heavy (non-hydrogen) atoms. The van der Waals surface area contributed by atoms with Crippen LogP contribution in [0.1, 0.15) is 0 Å². The van der Waals surface area contributed by atoms with Crippen molar-refractivity contribution in [2.75, 3.05) is 14.1 Å². The first-order valence-electron chi connectivity index (χ1n) is 2.28. The van der Waals surface area contributed by atoms with Crippen LogP contribution >= 0.6 is 24.8 Å². The quantitative estimate of drug-likeness (QED) is 0.437. The Bertz CT molecular complexity index is 78.4. The summed E-state index contributed by atoms with van der Waals surface area (Å²) < 4.78 is 0. The fourth-order valence-corrected chi connectivity index (χ4v) is 0.529. The number of hydrogen-bond acceptors (Lipinski definition) is 2. The van der Waals surface area contributed by atoms with Crippen molar-refractivity contribution in [3.8, 4) is 0 Å². The maximum Gasteiger partial charge on any atom is 0.0903 e. The van der Waals surface area contributed by atoms with Crippen molar-refractivity contribution >= 4 is 29.8 Å². The number of nitrogens with zero attached hydrogens (tertiary/aromatic N) is 1. The first kappa shape index (κ1) is 8.24. The molecule has 47 valence electrons. The van der Waals surface area contributed by atoms with Crippen LogP contribution in [0.2, 0.25) is 0 Å². The standard InChI is InChI=1S/C5H10NS2/c1-4(7)5(8)6(2)3/h4,7H,1H2,2-3H3. The molecule has 0 saturated carbocycles.